The molecule has 0 fully saturated rings. The average Bonchev–Trinajstić information content (AvgIpc) is 2.58. The van der Waals surface area contributed by atoms with Gasteiger partial charge in [0, 0.05) is 12.2 Å². The Hall–Kier alpha value is -0.270. The molecular formula is C19H41F2NO3S. The van der Waals surface area contributed by atoms with Crippen molar-refractivity contribution in [2.75, 3.05) is 31.9 Å². The van der Waals surface area contributed by atoms with Gasteiger partial charge in [-0.1, -0.05) is 38.5 Å². The number of alkyl halides is 2. The molecule has 0 bridgehead atoms. The zero-order chi connectivity index (χ0) is 20.5. The summed E-state index contributed by atoms with van der Waals surface area (Å²) in [6.45, 7) is 14.2. The number of quaternary nitrogens is 1. The molecule has 0 saturated heterocycles. The first-order valence-corrected chi connectivity index (χ1v) is 11.8. The smallest absolute Gasteiger partial charge is 0.238 e. The predicted molar refractivity (Wildman–Crippen MR) is 105 cm³/mol. The summed E-state index contributed by atoms with van der Waals surface area (Å²) in [6.07, 6.45) is 4.21. The van der Waals surface area contributed by atoms with Gasteiger partial charge in [0.05, 0.1) is 36.3 Å². The van der Waals surface area contributed by atoms with Crippen molar-refractivity contribution >= 4 is 10.1 Å². The summed E-state index contributed by atoms with van der Waals surface area (Å²) in [6, 6.07) is 0. The second kappa shape index (κ2) is 16.9. The van der Waals surface area contributed by atoms with Crippen LogP contribution in [0.4, 0.5) is 8.78 Å². The monoisotopic (exact) mass is 401 g/mol. The fourth-order valence-corrected chi connectivity index (χ4v) is 3.54. The first kappa shape index (κ1) is 27.9. The first-order valence-electron chi connectivity index (χ1n) is 10.2. The van der Waals surface area contributed by atoms with Gasteiger partial charge >= 0.3 is 0 Å². The lowest BCUT2D eigenvalue weighted by Crippen LogP contribution is -2.47. The second-order valence-electron chi connectivity index (χ2n) is 6.88. The van der Waals surface area contributed by atoms with E-state index in [0.717, 1.165) is 38.5 Å². The number of nitrogens with zero attached hydrogens (tertiary/aromatic N) is 1. The average molecular weight is 402 g/mol. The van der Waals surface area contributed by atoms with Gasteiger partial charge in [-0.2, -0.15) is 0 Å². The highest BCUT2D eigenvalue weighted by Crippen LogP contribution is 2.12. The van der Waals surface area contributed by atoms with Crippen LogP contribution in [0, 0.1) is 0 Å². The molecule has 0 unspecified atom stereocenters. The van der Waals surface area contributed by atoms with E-state index in [2.05, 4.69) is 27.7 Å². The number of hydrogen-bond donors (Lipinski definition) is 0. The lowest BCUT2D eigenvalue weighted by Gasteiger charge is -2.34. The molecule has 0 aromatic heterocycles. The van der Waals surface area contributed by atoms with Crippen molar-refractivity contribution in [3.05, 3.63) is 0 Å². The highest BCUT2D eigenvalue weighted by atomic mass is 32.2. The van der Waals surface area contributed by atoms with Crippen LogP contribution < -0.4 is 0 Å². The van der Waals surface area contributed by atoms with E-state index in [4.69, 9.17) is 0 Å². The lowest BCUT2D eigenvalue weighted by molar-refractivity contribution is -0.921. The molecule has 160 valence electrons. The van der Waals surface area contributed by atoms with Gasteiger partial charge in [-0.25, -0.2) is 17.2 Å². The summed E-state index contributed by atoms with van der Waals surface area (Å²) in [7, 11) is -4.06. The maximum absolute atomic E-state index is 11.8. The molecule has 0 heterocycles. The highest BCUT2D eigenvalue weighted by Gasteiger charge is 2.16. The van der Waals surface area contributed by atoms with Gasteiger partial charge in [0.25, 0.3) is 0 Å². The Bertz CT molecular complexity index is 382. The number of halogens is 2. The summed E-state index contributed by atoms with van der Waals surface area (Å²) >= 11 is 0. The van der Waals surface area contributed by atoms with Gasteiger partial charge in [0.1, 0.15) is 0 Å². The van der Waals surface area contributed by atoms with Crippen LogP contribution in [0.2, 0.25) is 0 Å². The summed E-state index contributed by atoms with van der Waals surface area (Å²) in [5.41, 5.74) is 0. The molecule has 0 radical (unpaired) electrons. The van der Waals surface area contributed by atoms with Crippen molar-refractivity contribution in [1.29, 1.82) is 0 Å². The van der Waals surface area contributed by atoms with Gasteiger partial charge in [0.2, 0.25) is 6.43 Å². The molecule has 0 amide bonds. The molecule has 0 aliphatic rings. The van der Waals surface area contributed by atoms with Crippen LogP contribution in [-0.4, -0.2) is 55.8 Å². The molecular weight excluding hydrogens is 360 g/mol. The van der Waals surface area contributed by atoms with E-state index in [1.807, 2.05) is 0 Å². The summed E-state index contributed by atoms with van der Waals surface area (Å²) in [5.74, 6) is -0.276. The fourth-order valence-electron chi connectivity index (χ4n) is 2.98. The van der Waals surface area contributed by atoms with Crippen molar-refractivity contribution in [2.45, 2.75) is 91.9 Å². The second-order valence-corrected chi connectivity index (χ2v) is 8.40. The molecule has 0 saturated carbocycles. The third-order valence-corrected chi connectivity index (χ3v) is 6.04. The van der Waals surface area contributed by atoms with Crippen LogP contribution in [0.15, 0.2) is 0 Å². The van der Waals surface area contributed by atoms with Crippen molar-refractivity contribution in [2.24, 2.45) is 0 Å². The van der Waals surface area contributed by atoms with Gasteiger partial charge in [0.15, 0.2) is 0 Å². The molecule has 0 aromatic carbocycles. The van der Waals surface area contributed by atoms with Crippen molar-refractivity contribution in [3.63, 3.8) is 0 Å². The third kappa shape index (κ3) is 18.5. The highest BCUT2D eigenvalue weighted by molar-refractivity contribution is 7.85. The number of hydrogen-bond acceptors (Lipinski definition) is 3. The van der Waals surface area contributed by atoms with Gasteiger partial charge in [-0.05, 0) is 40.5 Å². The van der Waals surface area contributed by atoms with E-state index in [0.29, 0.717) is 12.8 Å². The topological polar surface area (TPSA) is 57.2 Å². The maximum Gasteiger partial charge on any atom is 0.238 e. The Morgan fingerprint density at radius 3 is 1.35 bits per heavy atom. The number of unbranched alkanes of at least 4 members (excludes halogenated alkanes) is 7. The van der Waals surface area contributed by atoms with Gasteiger partial charge < -0.3 is 9.04 Å². The van der Waals surface area contributed by atoms with E-state index in [1.54, 1.807) is 0 Å². The molecule has 0 aliphatic heterocycles. The van der Waals surface area contributed by atoms with E-state index in [-0.39, 0.29) is 12.2 Å². The van der Waals surface area contributed by atoms with Crippen LogP contribution in [0.1, 0.15) is 85.5 Å². The van der Waals surface area contributed by atoms with Gasteiger partial charge in [-0.15, -0.1) is 0 Å². The Labute approximate surface area is 160 Å². The van der Waals surface area contributed by atoms with Crippen LogP contribution >= 0.6 is 0 Å². The minimum Gasteiger partial charge on any atom is -0.748 e. The predicted octanol–water partition coefficient (Wildman–Crippen LogP) is 5.19. The summed E-state index contributed by atoms with van der Waals surface area (Å²) in [5, 5.41) is 0. The summed E-state index contributed by atoms with van der Waals surface area (Å²) in [4.78, 5) is 0. The Morgan fingerprint density at radius 2 is 1.08 bits per heavy atom. The summed E-state index contributed by atoms with van der Waals surface area (Å²) < 4.78 is 55.6. The molecule has 0 N–H and O–H groups in total. The largest absolute Gasteiger partial charge is 0.748 e. The van der Waals surface area contributed by atoms with Crippen LogP contribution in [0.5, 0.6) is 0 Å². The Kier molecular flexibility index (Phi) is 18.1. The molecule has 0 rings (SSSR count). The molecule has 0 aromatic rings. The van der Waals surface area contributed by atoms with E-state index >= 15 is 0 Å². The van der Waals surface area contributed by atoms with Gasteiger partial charge in [-0.3, -0.25) is 0 Å². The van der Waals surface area contributed by atoms with E-state index < -0.39 is 16.5 Å². The number of rotatable bonds is 15. The van der Waals surface area contributed by atoms with E-state index in [1.165, 1.54) is 30.7 Å². The molecule has 0 spiro atoms. The van der Waals surface area contributed by atoms with Crippen LogP contribution in [0.25, 0.3) is 0 Å². The zero-order valence-corrected chi connectivity index (χ0v) is 18.1. The quantitative estimate of drug-likeness (QED) is 0.215. The molecule has 4 nitrogen and oxygen atoms in total. The lowest BCUT2D eigenvalue weighted by atomic mass is 10.1. The van der Waals surface area contributed by atoms with Crippen LogP contribution in [0.3, 0.4) is 0 Å². The normalized spacial score (nSPS) is 12.2. The minimum absolute atomic E-state index is 0.0125. The maximum atomic E-state index is 11.8. The minimum atomic E-state index is -4.06. The Morgan fingerprint density at radius 1 is 0.731 bits per heavy atom. The SMILES string of the molecule is CC[N+](CC)(CC)CC.O=S(=O)([O-])CCCCCCCCCCC(F)F. The van der Waals surface area contributed by atoms with Crippen molar-refractivity contribution in [3.8, 4) is 0 Å². The fraction of sp³-hybridized carbons (Fsp3) is 1.00. The van der Waals surface area contributed by atoms with Crippen molar-refractivity contribution in [1.82, 2.24) is 0 Å². The van der Waals surface area contributed by atoms with Crippen molar-refractivity contribution < 1.29 is 26.2 Å². The third-order valence-electron chi connectivity index (χ3n) is 5.25. The molecule has 7 heteroatoms. The molecule has 26 heavy (non-hydrogen) atoms. The first-order chi connectivity index (χ1) is 12.2. The van der Waals surface area contributed by atoms with Crippen LogP contribution in [-0.2, 0) is 10.1 Å². The zero-order valence-electron chi connectivity index (χ0n) is 17.3. The molecule has 0 atom stereocenters. The molecule has 0 aliphatic carbocycles. The standard InChI is InChI=1S/C11H22F2O3S.C8H20N/c12-11(13)9-7-5-3-1-2-4-6-8-10-17(14,15)16;1-5-9(6-2,7-3)8-4/h11H,1-10H2,(H,14,15,16);5-8H2,1-4H3/q;+1/p-1. The Balaban J connectivity index is 0. The van der Waals surface area contributed by atoms with E-state index in [9.17, 15) is 21.8 Å².